The van der Waals surface area contributed by atoms with Crippen LogP contribution in [0.2, 0.25) is 0 Å². The summed E-state index contributed by atoms with van der Waals surface area (Å²) in [6, 6.07) is 8.77. The summed E-state index contributed by atoms with van der Waals surface area (Å²) in [5.41, 5.74) is 1.28. The highest BCUT2D eigenvalue weighted by Gasteiger charge is 2.30. The second kappa shape index (κ2) is 15.9. The molecule has 39 heavy (non-hydrogen) atoms. The second-order valence-corrected chi connectivity index (χ2v) is 9.94. The molecule has 0 saturated carbocycles. The van der Waals surface area contributed by atoms with Crippen LogP contribution in [-0.2, 0) is 16.1 Å². The predicted octanol–water partition coefficient (Wildman–Crippen LogP) is 5.46. The number of nitrogens with one attached hydrogen (secondary N) is 2. The van der Waals surface area contributed by atoms with Gasteiger partial charge in [-0.05, 0) is 81.5 Å². The van der Waals surface area contributed by atoms with Crippen molar-refractivity contribution < 1.29 is 23.8 Å². The number of hydrogen-bond acceptors (Lipinski definition) is 7. The first-order valence-electron chi connectivity index (χ1n) is 14.1. The molecule has 0 bridgehead atoms. The highest BCUT2D eigenvalue weighted by Crippen LogP contribution is 2.34. The number of pyridine rings is 1. The zero-order valence-corrected chi connectivity index (χ0v) is 24.6. The Kier molecular flexibility index (Phi) is 13.0. The molecule has 4 rings (SSSR count). The van der Waals surface area contributed by atoms with Gasteiger partial charge in [0.2, 0.25) is 12.7 Å². The molecule has 1 aromatic heterocycles. The van der Waals surface area contributed by atoms with Crippen LogP contribution < -0.4 is 20.1 Å². The van der Waals surface area contributed by atoms with Crippen LogP contribution >= 0.6 is 0 Å². The normalized spacial score (nSPS) is 16.3. The monoisotopic (exact) mass is 542 g/mol. The van der Waals surface area contributed by atoms with Crippen LogP contribution in [0.25, 0.3) is 0 Å². The number of amides is 2. The Morgan fingerprint density at radius 3 is 2.46 bits per heavy atom. The van der Waals surface area contributed by atoms with Crippen LogP contribution in [0.15, 0.2) is 42.7 Å². The fourth-order valence-corrected chi connectivity index (χ4v) is 4.24. The number of aromatic nitrogens is 1. The van der Waals surface area contributed by atoms with Crippen LogP contribution in [0.4, 0.5) is 4.79 Å². The van der Waals surface area contributed by atoms with Crippen LogP contribution in [0.1, 0.15) is 78.5 Å². The van der Waals surface area contributed by atoms with Crippen molar-refractivity contribution in [3.05, 3.63) is 53.9 Å². The van der Waals surface area contributed by atoms with E-state index in [-0.39, 0.29) is 18.8 Å². The van der Waals surface area contributed by atoms with Gasteiger partial charge in [0.1, 0.15) is 11.6 Å². The zero-order chi connectivity index (χ0) is 28.8. The molecule has 2 unspecified atom stereocenters. The van der Waals surface area contributed by atoms with E-state index in [9.17, 15) is 9.59 Å². The van der Waals surface area contributed by atoms with Crippen LogP contribution in [-0.4, -0.2) is 53.9 Å². The van der Waals surface area contributed by atoms with Gasteiger partial charge in [-0.1, -0.05) is 33.8 Å². The standard InChI is InChI=1S/C26H34N4O5.2C2H6/c1-26(2,3)35-25(32)30-13-9-19(16-30)8-12-28-23(20-4-5-21-22(14-20)34-17-33-21)24(31)29-15-18-6-10-27-11-7-18;2*1-2/h4-7,10-11,14,19,23,28H,8-9,12-13,15-17H2,1-3H3,(H,29,31);2*1-2H3. The number of fused-ring (bicyclic) bond motifs is 1. The van der Waals surface area contributed by atoms with Crippen molar-refractivity contribution in [3.8, 4) is 11.5 Å². The van der Waals surface area contributed by atoms with E-state index in [1.807, 2.05) is 78.8 Å². The first kappa shape index (κ1) is 31.9. The maximum Gasteiger partial charge on any atom is 0.410 e. The molecule has 2 N–H and O–H groups in total. The summed E-state index contributed by atoms with van der Waals surface area (Å²) in [7, 11) is 0. The van der Waals surface area contributed by atoms with Crippen molar-refractivity contribution in [1.82, 2.24) is 20.5 Å². The smallest absolute Gasteiger partial charge is 0.410 e. The highest BCUT2D eigenvalue weighted by molar-refractivity contribution is 5.83. The van der Waals surface area contributed by atoms with Gasteiger partial charge >= 0.3 is 6.09 Å². The molecule has 216 valence electrons. The molecule has 2 atom stereocenters. The Bertz CT molecular complexity index is 1030. The minimum Gasteiger partial charge on any atom is -0.454 e. The van der Waals surface area contributed by atoms with Crippen molar-refractivity contribution in [1.29, 1.82) is 0 Å². The van der Waals surface area contributed by atoms with E-state index in [0.29, 0.717) is 43.6 Å². The average Bonchev–Trinajstić information content (AvgIpc) is 3.61. The minimum atomic E-state index is -0.547. The van der Waals surface area contributed by atoms with Crippen LogP contribution in [0.5, 0.6) is 11.5 Å². The Morgan fingerprint density at radius 1 is 1.08 bits per heavy atom. The fourth-order valence-electron chi connectivity index (χ4n) is 4.24. The van der Waals surface area contributed by atoms with Crippen molar-refractivity contribution in [3.63, 3.8) is 0 Å². The van der Waals surface area contributed by atoms with Gasteiger partial charge in [-0.25, -0.2) is 4.79 Å². The Balaban J connectivity index is 0.00000127. The SMILES string of the molecule is CC.CC.CC(C)(C)OC(=O)N1CCC(CCNC(C(=O)NCc2ccncc2)c2ccc3c(c2)OCO3)C1. The van der Waals surface area contributed by atoms with Gasteiger partial charge in [0.25, 0.3) is 0 Å². The van der Waals surface area contributed by atoms with E-state index in [1.54, 1.807) is 17.3 Å². The van der Waals surface area contributed by atoms with Gasteiger partial charge in [-0.2, -0.15) is 0 Å². The highest BCUT2D eigenvalue weighted by atomic mass is 16.7. The summed E-state index contributed by atoms with van der Waals surface area (Å²) in [6.07, 6.45) is 4.91. The van der Waals surface area contributed by atoms with E-state index in [1.165, 1.54) is 0 Å². The molecule has 0 radical (unpaired) electrons. The lowest BCUT2D eigenvalue weighted by Crippen LogP contribution is -2.38. The molecule has 9 nitrogen and oxygen atoms in total. The Morgan fingerprint density at radius 2 is 1.77 bits per heavy atom. The number of ether oxygens (including phenoxy) is 3. The maximum absolute atomic E-state index is 13.2. The molecule has 1 fully saturated rings. The third-order valence-corrected chi connectivity index (χ3v) is 6.05. The molecule has 9 heteroatoms. The summed E-state index contributed by atoms with van der Waals surface area (Å²) in [4.78, 5) is 31.3. The summed E-state index contributed by atoms with van der Waals surface area (Å²) >= 11 is 0. The summed E-state index contributed by atoms with van der Waals surface area (Å²) in [5.74, 6) is 1.55. The topological polar surface area (TPSA) is 102 Å². The van der Waals surface area contributed by atoms with E-state index < -0.39 is 11.6 Å². The van der Waals surface area contributed by atoms with Gasteiger partial charge in [0.05, 0.1) is 0 Å². The van der Waals surface area contributed by atoms with Gasteiger partial charge < -0.3 is 29.7 Å². The molecule has 1 saturated heterocycles. The summed E-state index contributed by atoms with van der Waals surface area (Å²) in [6.45, 7) is 16.2. The number of likely N-dealkylation sites (tertiary alicyclic amines) is 1. The van der Waals surface area contributed by atoms with Crippen molar-refractivity contribution in [2.45, 2.75) is 79.5 Å². The fraction of sp³-hybridized carbons (Fsp3) is 0.567. The number of rotatable bonds is 8. The first-order chi connectivity index (χ1) is 18.8. The summed E-state index contributed by atoms with van der Waals surface area (Å²) in [5, 5.41) is 6.43. The Labute approximate surface area is 233 Å². The number of hydrogen-bond donors (Lipinski definition) is 2. The van der Waals surface area contributed by atoms with Gasteiger partial charge in [0, 0.05) is 32.0 Å². The molecule has 1 aromatic carbocycles. The molecule has 2 aliphatic rings. The van der Waals surface area contributed by atoms with Gasteiger partial charge in [0.15, 0.2) is 11.5 Å². The molecule has 2 amide bonds. The molecule has 0 spiro atoms. The number of carbonyl (C=O) groups is 2. The predicted molar refractivity (Wildman–Crippen MR) is 153 cm³/mol. The van der Waals surface area contributed by atoms with E-state index in [2.05, 4.69) is 15.6 Å². The maximum atomic E-state index is 13.2. The molecule has 3 heterocycles. The van der Waals surface area contributed by atoms with E-state index in [4.69, 9.17) is 14.2 Å². The molecular weight excluding hydrogens is 496 g/mol. The lowest BCUT2D eigenvalue weighted by atomic mass is 10.0. The van der Waals surface area contributed by atoms with Crippen molar-refractivity contribution in [2.24, 2.45) is 5.92 Å². The van der Waals surface area contributed by atoms with Crippen molar-refractivity contribution >= 4 is 12.0 Å². The third kappa shape index (κ3) is 10.1. The molecule has 2 aliphatic heterocycles. The average molecular weight is 543 g/mol. The third-order valence-electron chi connectivity index (χ3n) is 6.05. The molecule has 2 aromatic rings. The molecular formula is C30H46N4O5. The van der Waals surface area contributed by atoms with E-state index in [0.717, 1.165) is 24.0 Å². The number of carbonyl (C=O) groups excluding carboxylic acids is 2. The Hall–Kier alpha value is -3.33. The quantitative estimate of drug-likeness (QED) is 0.457. The van der Waals surface area contributed by atoms with Crippen LogP contribution in [0, 0.1) is 5.92 Å². The minimum absolute atomic E-state index is 0.123. The van der Waals surface area contributed by atoms with E-state index >= 15 is 0 Å². The summed E-state index contributed by atoms with van der Waals surface area (Å²) < 4.78 is 16.4. The van der Waals surface area contributed by atoms with Gasteiger partial charge in [-0.3, -0.25) is 9.78 Å². The zero-order valence-electron chi connectivity index (χ0n) is 24.6. The molecule has 0 aliphatic carbocycles. The number of benzene rings is 1. The lowest BCUT2D eigenvalue weighted by Gasteiger charge is -2.24. The van der Waals surface area contributed by atoms with Crippen LogP contribution in [0.3, 0.4) is 0 Å². The first-order valence-corrected chi connectivity index (χ1v) is 14.1. The lowest BCUT2D eigenvalue weighted by molar-refractivity contribution is -0.123. The van der Waals surface area contributed by atoms with Crippen molar-refractivity contribution in [2.75, 3.05) is 26.4 Å². The number of nitrogens with zero attached hydrogens (tertiary/aromatic N) is 2. The second-order valence-electron chi connectivity index (χ2n) is 9.94. The largest absolute Gasteiger partial charge is 0.454 e. The van der Waals surface area contributed by atoms with Gasteiger partial charge in [-0.15, -0.1) is 0 Å².